The molecule has 0 aliphatic heterocycles. The number of hydrogen-bond donors (Lipinski definition) is 0. The monoisotopic (exact) mass is 1020 g/mol. The van der Waals surface area contributed by atoms with Crippen molar-refractivity contribution in [3.8, 4) is 80.1 Å². The maximum absolute atomic E-state index is 6.07. The van der Waals surface area contributed by atoms with Gasteiger partial charge in [0.25, 0.3) is 0 Å². The first-order valence-corrected chi connectivity index (χ1v) is 29.4. The average Bonchev–Trinajstić information content (AvgIpc) is 4.05. The van der Waals surface area contributed by atoms with Crippen LogP contribution in [-0.2, 0) is 0 Å². The Hall–Kier alpha value is -6.28. The molecule has 386 valence electrons. The highest BCUT2D eigenvalue weighted by Crippen LogP contribution is 2.40. The van der Waals surface area contributed by atoms with E-state index in [1.807, 2.05) is 97.1 Å². The average molecular weight is 1020 g/mol. The van der Waals surface area contributed by atoms with Crippen LogP contribution in [0.1, 0.15) is 199 Å². The van der Waals surface area contributed by atoms with E-state index in [2.05, 4.69) is 87.2 Å². The largest absolute Gasteiger partial charge is 0.494 e. The van der Waals surface area contributed by atoms with Crippen LogP contribution in [0.2, 0.25) is 0 Å². The highest BCUT2D eigenvalue weighted by Gasteiger charge is 2.17. The molecule has 6 heteroatoms. The van der Waals surface area contributed by atoms with Crippen LogP contribution >= 0.6 is 22.7 Å². The first kappa shape index (κ1) is 57.0. The van der Waals surface area contributed by atoms with E-state index in [0.717, 1.165) is 128 Å². The molecule has 0 amide bonds. The summed E-state index contributed by atoms with van der Waals surface area (Å²) in [5, 5.41) is 0. The summed E-state index contributed by atoms with van der Waals surface area (Å²) >= 11 is 3.29. The molecule has 2 aromatic heterocycles. The van der Waals surface area contributed by atoms with Gasteiger partial charge in [0.1, 0.15) is 23.0 Å². The molecule has 2 heterocycles. The zero-order valence-corrected chi connectivity index (χ0v) is 46.4. The highest BCUT2D eigenvalue weighted by molar-refractivity contribution is 7.23. The standard InChI is InChI=1S/C68H78O4S2/c1-5-9-13-17-21-49-69-61-39-27-55(28-40-61)25-37-59-53-65(47-35-57-31-43-63(44-32-57)71-51-23-19-15-11-7-3)73-67(59)68-60(38-26-56-29-41-62(42-30-56)70-50-22-18-14-10-6-2)54-66(74-68)48-36-58-33-45-64(46-34-58)72-52-24-20-16-12-8-4/h27-34,39-46,53-54H,5-24,49-52H2,1-4H3. The van der Waals surface area contributed by atoms with Crippen molar-refractivity contribution in [1.29, 1.82) is 0 Å². The van der Waals surface area contributed by atoms with Crippen molar-refractivity contribution in [3.05, 3.63) is 152 Å². The van der Waals surface area contributed by atoms with E-state index >= 15 is 0 Å². The lowest BCUT2D eigenvalue weighted by atomic mass is 10.1. The summed E-state index contributed by atoms with van der Waals surface area (Å²) in [7, 11) is 0. The Morgan fingerprint density at radius 3 is 0.784 bits per heavy atom. The molecule has 6 rings (SSSR count). The number of benzene rings is 4. The lowest BCUT2D eigenvalue weighted by molar-refractivity contribution is 0.304. The van der Waals surface area contributed by atoms with E-state index in [9.17, 15) is 0 Å². The molecule has 0 radical (unpaired) electrons. The second-order valence-electron chi connectivity index (χ2n) is 18.9. The van der Waals surface area contributed by atoms with Crippen LogP contribution in [0.4, 0.5) is 0 Å². The molecule has 0 saturated heterocycles. The minimum absolute atomic E-state index is 0.728. The molecule has 0 bridgehead atoms. The van der Waals surface area contributed by atoms with Gasteiger partial charge in [-0.15, -0.1) is 22.7 Å². The van der Waals surface area contributed by atoms with Gasteiger partial charge in [-0.1, -0.05) is 178 Å². The van der Waals surface area contributed by atoms with Crippen molar-refractivity contribution in [1.82, 2.24) is 0 Å². The van der Waals surface area contributed by atoms with Crippen LogP contribution in [0, 0.1) is 47.4 Å². The number of ether oxygens (including phenoxy) is 4. The Bertz CT molecular complexity index is 2590. The Labute approximate surface area is 454 Å². The first-order valence-electron chi connectivity index (χ1n) is 27.8. The highest BCUT2D eigenvalue weighted by atomic mass is 32.1. The van der Waals surface area contributed by atoms with Crippen molar-refractivity contribution < 1.29 is 18.9 Å². The van der Waals surface area contributed by atoms with Gasteiger partial charge >= 0.3 is 0 Å². The second kappa shape index (κ2) is 34.3. The molecule has 0 saturated carbocycles. The van der Waals surface area contributed by atoms with E-state index in [-0.39, 0.29) is 0 Å². The number of unbranched alkanes of at least 4 members (excludes halogenated alkanes) is 16. The van der Waals surface area contributed by atoms with Gasteiger partial charge < -0.3 is 18.9 Å². The quantitative estimate of drug-likeness (QED) is 0.0347. The summed E-state index contributed by atoms with van der Waals surface area (Å²) in [6.07, 6.45) is 24.2. The van der Waals surface area contributed by atoms with E-state index in [4.69, 9.17) is 18.9 Å². The van der Waals surface area contributed by atoms with Crippen LogP contribution in [-0.4, -0.2) is 26.4 Å². The fourth-order valence-corrected chi connectivity index (χ4v) is 10.2. The van der Waals surface area contributed by atoms with Crippen molar-refractivity contribution in [2.75, 3.05) is 26.4 Å². The van der Waals surface area contributed by atoms with Gasteiger partial charge in [-0.05, 0) is 135 Å². The van der Waals surface area contributed by atoms with E-state index in [1.165, 1.54) is 103 Å². The molecule has 0 aliphatic carbocycles. The van der Waals surface area contributed by atoms with Gasteiger partial charge in [-0.25, -0.2) is 0 Å². The smallest absolute Gasteiger partial charge is 0.119 e. The van der Waals surface area contributed by atoms with Crippen LogP contribution in [0.3, 0.4) is 0 Å². The molecule has 4 aromatic carbocycles. The van der Waals surface area contributed by atoms with Crippen molar-refractivity contribution in [3.63, 3.8) is 0 Å². The SMILES string of the molecule is CCCCCCCOc1ccc(C#Cc2cc(C#Cc3ccc(OCCCCCCC)cc3)c(-c3sc(C#Cc4ccc(OCCCCCCC)cc4)cc3C#Cc3ccc(OCCCCCCC)cc3)s2)cc1. The predicted octanol–water partition coefficient (Wildman–Crippen LogP) is 18.5. The Kier molecular flexibility index (Phi) is 26.4. The minimum Gasteiger partial charge on any atom is -0.494 e. The zero-order valence-electron chi connectivity index (χ0n) is 44.8. The maximum atomic E-state index is 6.07. The van der Waals surface area contributed by atoms with Crippen LogP contribution in [0.15, 0.2) is 109 Å². The third-order valence-corrected chi connectivity index (χ3v) is 14.8. The summed E-state index contributed by atoms with van der Waals surface area (Å²) in [4.78, 5) is 3.88. The molecule has 0 N–H and O–H groups in total. The molecule has 0 unspecified atom stereocenters. The first-order chi connectivity index (χ1) is 36.5. The van der Waals surface area contributed by atoms with Crippen molar-refractivity contribution in [2.24, 2.45) is 0 Å². The topological polar surface area (TPSA) is 36.9 Å². The molecule has 6 aromatic rings. The molecule has 0 fully saturated rings. The van der Waals surface area contributed by atoms with Crippen LogP contribution < -0.4 is 18.9 Å². The lowest BCUT2D eigenvalue weighted by Gasteiger charge is -2.05. The van der Waals surface area contributed by atoms with Gasteiger partial charge in [-0.3, -0.25) is 0 Å². The summed E-state index contributed by atoms with van der Waals surface area (Å²) in [6, 6.07) is 36.7. The summed E-state index contributed by atoms with van der Waals surface area (Å²) < 4.78 is 24.2. The normalized spacial score (nSPS) is 10.5. The summed E-state index contributed by atoms with van der Waals surface area (Å²) in [5.41, 5.74) is 5.48. The molecule has 74 heavy (non-hydrogen) atoms. The van der Waals surface area contributed by atoms with Crippen LogP contribution in [0.5, 0.6) is 23.0 Å². The molecular weight excluding hydrogens is 945 g/mol. The second-order valence-corrected chi connectivity index (χ2v) is 21.0. The Morgan fingerprint density at radius 1 is 0.284 bits per heavy atom. The van der Waals surface area contributed by atoms with Crippen molar-refractivity contribution >= 4 is 22.7 Å². The summed E-state index contributed by atoms with van der Waals surface area (Å²) in [6.45, 7) is 11.9. The molecule has 0 aliphatic rings. The van der Waals surface area contributed by atoms with Gasteiger partial charge in [0.15, 0.2) is 0 Å². The summed E-state index contributed by atoms with van der Waals surface area (Å²) in [5.74, 6) is 31.3. The van der Waals surface area contributed by atoms with Crippen LogP contribution in [0.25, 0.3) is 9.75 Å². The number of thiophene rings is 2. The predicted molar refractivity (Wildman–Crippen MR) is 314 cm³/mol. The van der Waals surface area contributed by atoms with E-state index < -0.39 is 0 Å². The zero-order chi connectivity index (χ0) is 51.7. The lowest BCUT2D eigenvalue weighted by Crippen LogP contribution is -1.97. The van der Waals surface area contributed by atoms with Gasteiger partial charge in [-0.2, -0.15) is 0 Å². The fourth-order valence-electron chi connectivity index (χ4n) is 8.10. The Morgan fingerprint density at radius 2 is 0.527 bits per heavy atom. The maximum Gasteiger partial charge on any atom is 0.119 e. The third kappa shape index (κ3) is 21.3. The molecule has 4 nitrogen and oxygen atoms in total. The molecular formula is C68H78O4S2. The number of hydrogen-bond acceptors (Lipinski definition) is 6. The molecule has 0 spiro atoms. The molecule has 0 atom stereocenters. The fraction of sp³-hybridized carbons (Fsp3) is 0.412. The third-order valence-electron chi connectivity index (χ3n) is 12.5. The van der Waals surface area contributed by atoms with E-state index in [1.54, 1.807) is 22.7 Å². The van der Waals surface area contributed by atoms with Gasteiger partial charge in [0.05, 0.1) is 45.9 Å². The van der Waals surface area contributed by atoms with Crippen molar-refractivity contribution in [2.45, 2.75) is 156 Å². The minimum atomic E-state index is 0.728. The number of rotatable bonds is 29. The van der Waals surface area contributed by atoms with Gasteiger partial charge in [0, 0.05) is 33.4 Å². The van der Waals surface area contributed by atoms with E-state index in [0.29, 0.717) is 0 Å². The Balaban J connectivity index is 1.29. The van der Waals surface area contributed by atoms with Gasteiger partial charge in [0.2, 0.25) is 0 Å².